The molecule has 1 N–H and O–H groups in total. The molecule has 2 aromatic heterocycles. The standard InChI is InChI=1S/C14H18N2OS/c1-2-3-7-15-14(17)12-6-8-16(10-12)11-13-5-4-9-18-13/h4-6,8-10H,2-3,7,11H2,1H3,(H,15,17). The minimum absolute atomic E-state index is 0.0216. The van der Waals surface area contributed by atoms with Crippen molar-refractivity contribution in [3.63, 3.8) is 0 Å². The molecule has 0 fully saturated rings. The first-order valence-corrected chi connectivity index (χ1v) is 7.14. The van der Waals surface area contributed by atoms with E-state index in [-0.39, 0.29) is 5.91 Å². The van der Waals surface area contributed by atoms with Gasteiger partial charge < -0.3 is 9.88 Å². The third kappa shape index (κ3) is 3.47. The van der Waals surface area contributed by atoms with Crippen molar-refractivity contribution in [1.82, 2.24) is 9.88 Å². The second kappa shape index (κ2) is 6.40. The van der Waals surface area contributed by atoms with Gasteiger partial charge in [0.15, 0.2) is 0 Å². The maximum absolute atomic E-state index is 11.8. The zero-order chi connectivity index (χ0) is 12.8. The van der Waals surface area contributed by atoms with Gasteiger partial charge in [-0.05, 0) is 23.9 Å². The summed E-state index contributed by atoms with van der Waals surface area (Å²) in [4.78, 5) is 13.1. The van der Waals surface area contributed by atoms with Crippen molar-refractivity contribution in [3.8, 4) is 0 Å². The topological polar surface area (TPSA) is 34.0 Å². The average molecular weight is 262 g/mol. The molecule has 0 radical (unpaired) electrons. The van der Waals surface area contributed by atoms with Crippen LogP contribution in [0, 0.1) is 0 Å². The molecule has 0 unspecified atom stereocenters. The molecule has 4 heteroatoms. The lowest BCUT2D eigenvalue weighted by Gasteiger charge is -2.02. The minimum atomic E-state index is 0.0216. The van der Waals surface area contributed by atoms with Gasteiger partial charge in [-0.3, -0.25) is 4.79 Å². The van der Waals surface area contributed by atoms with E-state index in [2.05, 4.69) is 23.7 Å². The SMILES string of the molecule is CCCCNC(=O)c1ccn(Cc2cccs2)c1. The van der Waals surface area contributed by atoms with Crippen LogP contribution in [0.4, 0.5) is 0 Å². The van der Waals surface area contributed by atoms with Crippen LogP contribution in [0.2, 0.25) is 0 Å². The van der Waals surface area contributed by atoms with Gasteiger partial charge in [0.2, 0.25) is 0 Å². The Morgan fingerprint density at radius 1 is 1.44 bits per heavy atom. The molecule has 0 aliphatic heterocycles. The van der Waals surface area contributed by atoms with Crippen molar-refractivity contribution < 1.29 is 4.79 Å². The van der Waals surface area contributed by atoms with Gasteiger partial charge in [-0.25, -0.2) is 0 Å². The lowest BCUT2D eigenvalue weighted by atomic mass is 10.3. The Bertz CT molecular complexity index is 488. The molecular formula is C14H18N2OS. The molecule has 0 atom stereocenters. The molecule has 2 rings (SSSR count). The molecule has 3 nitrogen and oxygen atoms in total. The predicted octanol–water partition coefficient (Wildman–Crippen LogP) is 3.13. The van der Waals surface area contributed by atoms with Crippen LogP contribution >= 0.6 is 11.3 Å². The molecule has 0 saturated heterocycles. The van der Waals surface area contributed by atoms with Crippen molar-refractivity contribution >= 4 is 17.2 Å². The van der Waals surface area contributed by atoms with E-state index in [1.165, 1.54) is 4.88 Å². The number of hydrogen-bond donors (Lipinski definition) is 1. The van der Waals surface area contributed by atoms with Gasteiger partial charge in [-0.2, -0.15) is 0 Å². The second-order valence-corrected chi connectivity index (χ2v) is 5.29. The first-order valence-electron chi connectivity index (χ1n) is 6.26. The molecule has 0 bridgehead atoms. The summed E-state index contributed by atoms with van der Waals surface area (Å²) in [6.07, 6.45) is 5.98. The third-order valence-electron chi connectivity index (χ3n) is 2.75. The number of carbonyl (C=O) groups is 1. The Hall–Kier alpha value is -1.55. The van der Waals surface area contributed by atoms with E-state index in [1.54, 1.807) is 11.3 Å². The molecule has 0 saturated carbocycles. The highest BCUT2D eigenvalue weighted by molar-refractivity contribution is 7.09. The largest absolute Gasteiger partial charge is 0.352 e. The molecule has 18 heavy (non-hydrogen) atoms. The summed E-state index contributed by atoms with van der Waals surface area (Å²) in [5.74, 6) is 0.0216. The summed E-state index contributed by atoms with van der Waals surface area (Å²) in [6, 6.07) is 6.02. The van der Waals surface area contributed by atoms with E-state index >= 15 is 0 Å². The Labute approximate surface area is 111 Å². The van der Waals surface area contributed by atoms with Gasteiger partial charge in [0, 0.05) is 23.8 Å². The Morgan fingerprint density at radius 3 is 3.06 bits per heavy atom. The number of nitrogens with one attached hydrogen (secondary N) is 1. The van der Waals surface area contributed by atoms with Crippen molar-refractivity contribution in [2.24, 2.45) is 0 Å². The van der Waals surface area contributed by atoms with Gasteiger partial charge in [-0.15, -0.1) is 11.3 Å². The zero-order valence-corrected chi connectivity index (χ0v) is 11.4. The van der Waals surface area contributed by atoms with Crippen molar-refractivity contribution in [2.75, 3.05) is 6.54 Å². The summed E-state index contributed by atoms with van der Waals surface area (Å²) in [5, 5.41) is 4.99. The maximum Gasteiger partial charge on any atom is 0.252 e. The van der Waals surface area contributed by atoms with E-state index < -0.39 is 0 Å². The average Bonchev–Trinajstić information content (AvgIpc) is 3.01. The van der Waals surface area contributed by atoms with Gasteiger partial charge >= 0.3 is 0 Å². The highest BCUT2D eigenvalue weighted by Crippen LogP contribution is 2.11. The predicted molar refractivity (Wildman–Crippen MR) is 75.1 cm³/mol. The molecule has 1 amide bonds. The van der Waals surface area contributed by atoms with Crippen LogP contribution in [0.15, 0.2) is 36.0 Å². The highest BCUT2D eigenvalue weighted by atomic mass is 32.1. The van der Waals surface area contributed by atoms with E-state index in [1.807, 2.05) is 29.1 Å². The number of unbranched alkanes of at least 4 members (excludes halogenated alkanes) is 1. The number of amides is 1. The molecule has 0 aliphatic rings. The Balaban J connectivity index is 1.91. The molecule has 2 heterocycles. The minimum Gasteiger partial charge on any atom is -0.352 e. The van der Waals surface area contributed by atoms with Crippen LogP contribution < -0.4 is 5.32 Å². The summed E-state index contributed by atoms with van der Waals surface area (Å²) in [7, 11) is 0. The number of aromatic nitrogens is 1. The zero-order valence-electron chi connectivity index (χ0n) is 10.6. The van der Waals surface area contributed by atoms with Crippen LogP contribution in [0.5, 0.6) is 0 Å². The van der Waals surface area contributed by atoms with Gasteiger partial charge in [0.25, 0.3) is 5.91 Å². The van der Waals surface area contributed by atoms with E-state index in [0.29, 0.717) is 0 Å². The number of hydrogen-bond acceptors (Lipinski definition) is 2. The molecule has 96 valence electrons. The van der Waals surface area contributed by atoms with Crippen molar-refractivity contribution in [2.45, 2.75) is 26.3 Å². The number of carbonyl (C=O) groups excluding carboxylic acids is 1. The monoisotopic (exact) mass is 262 g/mol. The normalized spacial score (nSPS) is 10.5. The lowest BCUT2D eigenvalue weighted by Crippen LogP contribution is -2.23. The van der Waals surface area contributed by atoms with Gasteiger partial charge in [-0.1, -0.05) is 19.4 Å². The first-order chi connectivity index (χ1) is 8.79. The smallest absolute Gasteiger partial charge is 0.252 e. The van der Waals surface area contributed by atoms with Crippen molar-refractivity contribution in [3.05, 3.63) is 46.4 Å². The van der Waals surface area contributed by atoms with Crippen LogP contribution in [0.3, 0.4) is 0 Å². The van der Waals surface area contributed by atoms with E-state index in [9.17, 15) is 4.79 Å². The fourth-order valence-electron chi connectivity index (χ4n) is 1.74. The Kier molecular flexibility index (Phi) is 4.59. The van der Waals surface area contributed by atoms with Crippen molar-refractivity contribution in [1.29, 1.82) is 0 Å². The van der Waals surface area contributed by atoms with Crippen LogP contribution in [-0.2, 0) is 6.54 Å². The quantitative estimate of drug-likeness (QED) is 0.797. The van der Waals surface area contributed by atoms with E-state index in [0.717, 1.165) is 31.5 Å². The Morgan fingerprint density at radius 2 is 2.33 bits per heavy atom. The van der Waals surface area contributed by atoms with Gasteiger partial charge in [0.05, 0.1) is 12.1 Å². The maximum atomic E-state index is 11.8. The van der Waals surface area contributed by atoms with Crippen LogP contribution in [0.1, 0.15) is 35.0 Å². The number of nitrogens with zero attached hydrogens (tertiary/aromatic N) is 1. The fraction of sp³-hybridized carbons (Fsp3) is 0.357. The molecule has 0 aromatic carbocycles. The molecular weight excluding hydrogens is 244 g/mol. The van der Waals surface area contributed by atoms with E-state index in [4.69, 9.17) is 0 Å². The molecule has 2 aromatic rings. The summed E-state index contributed by atoms with van der Waals surface area (Å²) < 4.78 is 2.04. The highest BCUT2D eigenvalue weighted by Gasteiger charge is 2.06. The summed E-state index contributed by atoms with van der Waals surface area (Å²) in [6.45, 7) is 3.70. The second-order valence-electron chi connectivity index (χ2n) is 4.26. The number of rotatable bonds is 6. The number of thiophene rings is 1. The molecule has 0 aliphatic carbocycles. The van der Waals surface area contributed by atoms with Crippen LogP contribution in [0.25, 0.3) is 0 Å². The van der Waals surface area contributed by atoms with Gasteiger partial charge in [0.1, 0.15) is 0 Å². The lowest BCUT2D eigenvalue weighted by molar-refractivity contribution is 0.0953. The van der Waals surface area contributed by atoms with Crippen LogP contribution in [-0.4, -0.2) is 17.0 Å². The first kappa shape index (κ1) is 12.9. The summed E-state index contributed by atoms with van der Waals surface area (Å²) >= 11 is 1.73. The molecule has 0 spiro atoms. The summed E-state index contributed by atoms with van der Waals surface area (Å²) in [5.41, 5.74) is 0.739. The fourth-order valence-corrected chi connectivity index (χ4v) is 2.45. The third-order valence-corrected chi connectivity index (χ3v) is 3.61.